The van der Waals surface area contributed by atoms with Gasteiger partial charge in [0, 0.05) is 24.7 Å². The maximum atomic E-state index is 12.6. The fraction of sp³-hybridized carbons (Fsp3) is 0.588. The Kier molecular flexibility index (Phi) is 4.15. The first kappa shape index (κ1) is 14.4. The van der Waals surface area contributed by atoms with Gasteiger partial charge in [0.25, 0.3) is 5.91 Å². The largest absolute Gasteiger partial charge is 0.508 e. The van der Waals surface area contributed by atoms with Crippen LogP contribution in [0.25, 0.3) is 0 Å². The van der Waals surface area contributed by atoms with Crippen molar-refractivity contribution in [3.05, 3.63) is 29.3 Å². The summed E-state index contributed by atoms with van der Waals surface area (Å²) in [5.41, 5.74) is 1.44. The van der Waals surface area contributed by atoms with E-state index >= 15 is 0 Å². The normalized spacial score (nSPS) is 26.0. The number of piperidine rings is 1. The highest BCUT2D eigenvalue weighted by atomic mass is 16.3. The van der Waals surface area contributed by atoms with E-state index in [0.29, 0.717) is 17.5 Å². The summed E-state index contributed by atoms with van der Waals surface area (Å²) in [5.74, 6) is 0.933. The molecule has 0 spiro atoms. The van der Waals surface area contributed by atoms with Crippen molar-refractivity contribution in [1.82, 2.24) is 10.2 Å². The van der Waals surface area contributed by atoms with Gasteiger partial charge in [-0.25, -0.2) is 0 Å². The van der Waals surface area contributed by atoms with E-state index in [2.05, 4.69) is 5.32 Å². The molecule has 0 bridgehead atoms. The summed E-state index contributed by atoms with van der Waals surface area (Å²) in [7, 11) is 0. The summed E-state index contributed by atoms with van der Waals surface area (Å²) >= 11 is 0. The van der Waals surface area contributed by atoms with Gasteiger partial charge in [-0.2, -0.15) is 0 Å². The van der Waals surface area contributed by atoms with E-state index in [0.717, 1.165) is 31.6 Å². The number of hydrogen-bond donors (Lipinski definition) is 2. The molecule has 0 aliphatic carbocycles. The number of benzene rings is 1. The van der Waals surface area contributed by atoms with Gasteiger partial charge in [-0.15, -0.1) is 0 Å². The molecule has 2 unspecified atom stereocenters. The van der Waals surface area contributed by atoms with Crippen LogP contribution in [0.3, 0.4) is 0 Å². The summed E-state index contributed by atoms with van der Waals surface area (Å²) in [4.78, 5) is 14.6. The van der Waals surface area contributed by atoms with Crippen molar-refractivity contribution in [1.29, 1.82) is 0 Å². The topological polar surface area (TPSA) is 52.6 Å². The molecule has 1 amide bonds. The SMILES string of the molecule is Cc1cc(C(=O)N2CCCC(C3CCCN3)C2)ccc1O. The predicted octanol–water partition coefficient (Wildman–Crippen LogP) is 2.30. The quantitative estimate of drug-likeness (QED) is 0.878. The first-order valence-corrected chi connectivity index (χ1v) is 7.97. The van der Waals surface area contributed by atoms with Gasteiger partial charge in [0.1, 0.15) is 5.75 Å². The van der Waals surface area contributed by atoms with Crippen molar-refractivity contribution in [3.63, 3.8) is 0 Å². The van der Waals surface area contributed by atoms with Crippen molar-refractivity contribution >= 4 is 5.91 Å². The first-order chi connectivity index (χ1) is 10.1. The monoisotopic (exact) mass is 288 g/mol. The van der Waals surface area contributed by atoms with Gasteiger partial charge < -0.3 is 15.3 Å². The zero-order valence-corrected chi connectivity index (χ0v) is 12.6. The second kappa shape index (κ2) is 6.06. The summed E-state index contributed by atoms with van der Waals surface area (Å²) in [6.45, 7) is 4.65. The van der Waals surface area contributed by atoms with Crippen LogP contribution in [0.4, 0.5) is 0 Å². The third kappa shape index (κ3) is 3.05. The Morgan fingerprint density at radius 3 is 2.90 bits per heavy atom. The lowest BCUT2D eigenvalue weighted by Gasteiger charge is -2.36. The molecule has 3 rings (SSSR count). The summed E-state index contributed by atoms with van der Waals surface area (Å²) in [5, 5.41) is 13.2. The molecular weight excluding hydrogens is 264 g/mol. The molecule has 1 aromatic carbocycles. The number of phenols is 1. The molecule has 114 valence electrons. The number of hydrogen-bond acceptors (Lipinski definition) is 3. The Labute approximate surface area is 126 Å². The second-order valence-electron chi connectivity index (χ2n) is 6.36. The lowest BCUT2D eigenvalue weighted by atomic mass is 9.89. The molecule has 4 nitrogen and oxygen atoms in total. The minimum Gasteiger partial charge on any atom is -0.508 e. The van der Waals surface area contributed by atoms with Crippen LogP contribution in [-0.2, 0) is 0 Å². The van der Waals surface area contributed by atoms with Crippen LogP contribution in [0, 0.1) is 12.8 Å². The number of amides is 1. The van der Waals surface area contributed by atoms with Crippen molar-refractivity contribution in [2.24, 2.45) is 5.92 Å². The molecule has 2 fully saturated rings. The highest BCUT2D eigenvalue weighted by Gasteiger charge is 2.31. The number of likely N-dealkylation sites (tertiary alicyclic amines) is 1. The van der Waals surface area contributed by atoms with Crippen LogP contribution in [0.5, 0.6) is 5.75 Å². The fourth-order valence-electron chi connectivity index (χ4n) is 3.61. The molecule has 2 aliphatic heterocycles. The number of phenolic OH excluding ortho intramolecular Hbond substituents is 1. The zero-order chi connectivity index (χ0) is 14.8. The average molecular weight is 288 g/mol. The number of nitrogens with one attached hydrogen (secondary N) is 1. The first-order valence-electron chi connectivity index (χ1n) is 7.97. The van der Waals surface area contributed by atoms with Crippen molar-refractivity contribution < 1.29 is 9.90 Å². The predicted molar refractivity (Wildman–Crippen MR) is 82.5 cm³/mol. The number of aryl methyl sites for hydroxylation is 1. The zero-order valence-electron chi connectivity index (χ0n) is 12.6. The van der Waals surface area contributed by atoms with Crippen LogP contribution >= 0.6 is 0 Å². The Hall–Kier alpha value is -1.55. The molecule has 0 radical (unpaired) electrons. The number of nitrogens with zero attached hydrogens (tertiary/aromatic N) is 1. The molecule has 2 atom stereocenters. The van der Waals surface area contributed by atoms with E-state index < -0.39 is 0 Å². The van der Waals surface area contributed by atoms with Gasteiger partial charge in [0.15, 0.2) is 0 Å². The van der Waals surface area contributed by atoms with Gasteiger partial charge in [-0.05, 0) is 68.8 Å². The standard InChI is InChI=1S/C17H24N2O2/c1-12-10-13(6-7-16(12)20)17(21)19-9-3-4-14(11-19)15-5-2-8-18-15/h6-7,10,14-15,18,20H,2-5,8-9,11H2,1H3. The molecule has 2 aliphatic rings. The summed E-state index contributed by atoms with van der Waals surface area (Å²) in [6.07, 6.45) is 4.80. The van der Waals surface area contributed by atoms with E-state index in [-0.39, 0.29) is 11.7 Å². The molecule has 2 saturated heterocycles. The number of aromatic hydroxyl groups is 1. The molecule has 2 N–H and O–H groups in total. The molecule has 21 heavy (non-hydrogen) atoms. The van der Waals surface area contributed by atoms with Gasteiger partial charge in [-0.3, -0.25) is 4.79 Å². The number of carbonyl (C=O) groups excluding carboxylic acids is 1. The van der Waals surface area contributed by atoms with Gasteiger partial charge in [0.2, 0.25) is 0 Å². The van der Waals surface area contributed by atoms with Crippen molar-refractivity contribution in [2.75, 3.05) is 19.6 Å². The lowest BCUT2D eigenvalue weighted by Crippen LogP contribution is -2.45. The molecule has 1 aromatic rings. The van der Waals surface area contributed by atoms with Crippen molar-refractivity contribution in [2.45, 2.75) is 38.6 Å². The van der Waals surface area contributed by atoms with Crippen LogP contribution in [0.15, 0.2) is 18.2 Å². The second-order valence-corrected chi connectivity index (χ2v) is 6.36. The third-order valence-corrected chi connectivity index (χ3v) is 4.86. The average Bonchev–Trinajstić information content (AvgIpc) is 3.04. The highest BCUT2D eigenvalue weighted by molar-refractivity contribution is 5.94. The van der Waals surface area contributed by atoms with Crippen LogP contribution in [0.2, 0.25) is 0 Å². The van der Waals surface area contributed by atoms with E-state index in [4.69, 9.17) is 0 Å². The fourth-order valence-corrected chi connectivity index (χ4v) is 3.61. The van der Waals surface area contributed by atoms with E-state index in [1.807, 2.05) is 11.8 Å². The van der Waals surface area contributed by atoms with Crippen LogP contribution in [-0.4, -0.2) is 41.6 Å². The Bertz CT molecular complexity index is 524. The van der Waals surface area contributed by atoms with Gasteiger partial charge in [0.05, 0.1) is 0 Å². The Morgan fingerprint density at radius 2 is 2.19 bits per heavy atom. The highest BCUT2D eigenvalue weighted by Crippen LogP contribution is 2.26. The molecule has 2 heterocycles. The van der Waals surface area contributed by atoms with Crippen LogP contribution < -0.4 is 5.32 Å². The number of rotatable bonds is 2. The van der Waals surface area contributed by atoms with Crippen molar-refractivity contribution in [3.8, 4) is 5.75 Å². The Balaban J connectivity index is 1.70. The summed E-state index contributed by atoms with van der Waals surface area (Å²) < 4.78 is 0. The summed E-state index contributed by atoms with van der Waals surface area (Å²) in [6, 6.07) is 5.71. The maximum Gasteiger partial charge on any atom is 0.253 e. The lowest BCUT2D eigenvalue weighted by molar-refractivity contribution is 0.0651. The molecule has 0 aromatic heterocycles. The van der Waals surface area contributed by atoms with E-state index in [1.165, 1.54) is 19.3 Å². The smallest absolute Gasteiger partial charge is 0.253 e. The molecule has 4 heteroatoms. The van der Waals surface area contributed by atoms with Gasteiger partial charge in [-0.1, -0.05) is 0 Å². The minimum absolute atomic E-state index is 0.0980. The minimum atomic E-state index is 0.0980. The van der Waals surface area contributed by atoms with Crippen LogP contribution in [0.1, 0.15) is 41.6 Å². The van der Waals surface area contributed by atoms with Gasteiger partial charge >= 0.3 is 0 Å². The third-order valence-electron chi connectivity index (χ3n) is 4.86. The molecular formula is C17H24N2O2. The Morgan fingerprint density at radius 1 is 1.33 bits per heavy atom. The number of carbonyl (C=O) groups is 1. The van der Waals surface area contributed by atoms with E-state index in [1.54, 1.807) is 18.2 Å². The molecule has 0 saturated carbocycles. The van der Waals surface area contributed by atoms with E-state index in [9.17, 15) is 9.90 Å². The maximum absolute atomic E-state index is 12.6.